The molecule has 0 aliphatic carbocycles. The fourth-order valence-electron chi connectivity index (χ4n) is 2.51. The zero-order valence-corrected chi connectivity index (χ0v) is 14.3. The fourth-order valence-corrected chi connectivity index (χ4v) is 2.84. The molecule has 0 saturated heterocycles. The molecule has 3 rings (SSSR count). The van der Waals surface area contributed by atoms with Crippen molar-refractivity contribution in [2.45, 2.75) is 19.7 Å². The van der Waals surface area contributed by atoms with E-state index in [9.17, 15) is 22.4 Å². The van der Waals surface area contributed by atoms with Crippen molar-refractivity contribution < 1.29 is 32.2 Å². The number of halogens is 5. The number of ether oxygens (including phenoxy) is 1. The first-order chi connectivity index (χ1) is 12.6. The molecular weight excluding hydrogens is 394 g/mol. The zero-order chi connectivity index (χ0) is 19.9. The van der Waals surface area contributed by atoms with Gasteiger partial charge in [0.1, 0.15) is 10.7 Å². The predicted octanol–water partition coefficient (Wildman–Crippen LogP) is 4.02. The molecular formula is C16H10ClF4N3O3. The van der Waals surface area contributed by atoms with E-state index >= 15 is 0 Å². The highest BCUT2D eigenvalue weighted by molar-refractivity contribution is 6.30. The minimum Gasteiger partial charge on any atom is -0.477 e. The second kappa shape index (κ2) is 6.69. The molecule has 0 unspecified atom stereocenters. The lowest BCUT2D eigenvalue weighted by Crippen LogP contribution is -2.18. The Hall–Kier alpha value is -2.88. The van der Waals surface area contributed by atoms with Crippen molar-refractivity contribution in [2.24, 2.45) is 0 Å². The van der Waals surface area contributed by atoms with E-state index in [0.717, 1.165) is 22.8 Å². The Balaban J connectivity index is 2.02. The Morgan fingerprint density at radius 2 is 2.07 bits per heavy atom. The molecule has 0 aliphatic heterocycles. The van der Waals surface area contributed by atoms with Gasteiger partial charge in [0, 0.05) is 17.7 Å². The Morgan fingerprint density at radius 1 is 1.37 bits per heavy atom. The van der Waals surface area contributed by atoms with Crippen LogP contribution in [0.4, 0.5) is 17.6 Å². The number of carbonyl (C=O) groups is 1. The normalized spacial score (nSPS) is 11.8. The van der Waals surface area contributed by atoms with Gasteiger partial charge in [0.2, 0.25) is 0 Å². The van der Waals surface area contributed by atoms with Crippen molar-refractivity contribution in [1.82, 2.24) is 14.6 Å². The van der Waals surface area contributed by atoms with Crippen LogP contribution in [0.15, 0.2) is 24.4 Å². The topological polar surface area (TPSA) is 76.7 Å². The highest BCUT2D eigenvalue weighted by Crippen LogP contribution is 2.29. The SMILES string of the molecule is Cc1nc2c(C(=O)O)cnn2c(Cl)c1Cc1ccc(F)c(OC(F)(F)F)c1. The van der Waals surface area contributed by atoms with Crippen LogP contribution >= 0.6 is 11.6 Å². The second-order valence-corrected chi connectivity index (χ2v) is 5.91. The number of hydrogen-bond donors (Lipinski definition) is 1. The summed E-state index contributed by atoms with van der Waals surface area (Å²) in [5.74, 6) is -3.35. The minimum absolute atomic E-state index is 0.00433. The van der Waals surface area contributed by atoms with Gasteiger partial charge in [-0.3, -0.25) is 0 Å². The fraction of sp³-hybridized carbons (Fsp3) is 0.188. The molecule has 6 nitrogen and oxygen atoms in total. The number of benzene rings is 1. The van der Waals surface area contributed by atoms with Gasteiger partial charge in [0.25, 0.3) is 0 Å². The van der Waals surface area contributed by atoms with Gasteiger partial charge < -0.3 is 9.84 Å². The molecule has 0 amide bonds. The molecule has 11 heteroatoms. The molecule has 0 saturated carbocycles. The van der Waals surface area contributed by atoms with E-state index < -0.39 is 23.9 Å². The van der Waals surface area contributed by atoms with Crippen LogP contribution in [0.1, 0.15) is 27.2 Å². The molecule has 0 atom stereocenters. The standard InChI is InChI=1S/C16H10ClF4N3O3/c1-7-9(13(17)24-14(23-7)10(6-22-24)15(25)26)4-8-2-3-11(18)12(5-8)27-16(19,20)21/h2-3,5-6H,4H2,1H3,(H,25,26). The molecule has 2 aromatic heterocycles. The highest BCUT2D eigenvalue weighted by atomic mass is 35.5. The molecule has 1 aromatic carbocycles. The number of aromatic carboxylic acids is 1. The summed E-state index contributed by atoms with van der Waals surface area (Å²) in [4.78, 5) is 15.3. The van der Waals surface area contributed by atoms with Crippen LogP contribution in [0.5, 0.6) is 5.75 Å². The molecule has 0 spiro atoms. The first-order valence-electron chi connectivity index (χ1n) is 7.37. The molecule has 0 fully saturated rings. The quantitative estimate of drug-likeness (QED) is 0.526. The van der Waals surface area contributed by atoms with Gasteiger partial charge in [0.15, 0.2) is 17.2 Å². The van der Waals surface area contributed by atoms with Gasteiger partial charge in [-0.1, -0.05) is 17.7 Å². The lowest BCUT2D eigenvalue weighted by molar-refractivity contribution is -0.275. The maximum Gasteiger partial charge on any atom is 0.573 e. The summed E-state index contributed by atoms with van der Waals surface area (Å²) in [5, 5.41) is 13.0. The smallest absolute Gasteiger partial charge is 0.477 e. The number of hydrogen-bond acceptors (Lipinski definition) is 4. The molecule has 0 aliphatic rings. The predicted molar refractivity (Wildman–Crippen MR) is 85.6 cm³/mol. The summed E-state index contributed by atoms with van der Waals surface area (Å²) >= 11 is 6.27. The second-order valence-electron chi connectivity index (χ2n) is 5.55. The van der Waals surface area contributed by atoms with Crippen molar-refractivity contribution in [1.29, 1.82) is 0 Å². The summed E-state index contributed by atoms with van der Waals surface area (Å²) in [5.41, 5.74) is 0.933. The van der Waals surface area contributed by atoms with Crippen LogP contribution in [0, 0.1) is 12.7 Å². The third-order valence-electron chi connectivity index (χ3n) is 3.72. The van der Waals surface area contributed by atoms with Gasteiger partial charge in [-0.2, -0.15) is 5.10 Å². The number of aryl methyl sites for hydroxylation is 1. The molecule has 3 aromatic rings. The average molecular weight is 404 g/mol. The third-order valence-corrected chi connectivity index (χ3v) is 4.11. The molecule has 0 bridgehead atoms. The molecule has 142 valence electrons. The minimum atomic E-state index is -5.03. The van der Waals surface area contributed by atoms with E-state index in [1.165, 1.54) is 6.07 Å². The van der Waals surface area contributed by atoms with Gasteiger partial charge in [-0.05, 0) is 24.6 Å². The molecule has 1 N–H and O–H groups in total. The number of carboxylic acid groups (broad SMARTS) is 1. The van der Waals surface area contributed by atoms with Crippen LogP contribution in [0.2, 0.25) is 5.15 Å². The van der Waals surface area contributed by atoms with Crippen molar-refractivity contribution >= 4 is 23.2 Å². The monoisotopic (exact) mass is 403 g/mol. The Bertz CT molecular complexity index is 1050. The van der Waals surface area contributed by atoms with Crippen LogP contribution < -0.4 is 4.74 Å². The summed E-state index contributed by atoms with van der Waals surface area (Å²) in [6.45, 7) is 1.57. The number of aromatic nitrogens is 3. The van der Waals surface area contributed by atoms with Crippen molar-refractivity contribution in [3.8, 4) is 5.75 Å². The summed E-state index contributed by atoms with van der Waals surface area (Å²) in [6, 6.07) is 3.04. The number of fused-ring (bicyclic) bond motifs is 1. The summed E-state index contributed by atoms with van der Waals surface area (Å²) < 4.78 is 55.4. The largest absolute Gasteiger partial charge is 0.573 e. The van der Waals surface area contributed by atoms with Crippen molar-refractivity contribution in [3.63, 3.8) is 0 Å². The third kappa shape index (κ3) is 3.80. The van der Waals surface area contributed by atoms with Crippen molar-refractivity contribution in [2.75, 3.05) is 0 Å². The number of alkyl halides is 3. The summed E-state index contributed by atoms with van der Waals surface area (Å²) in [7, 11) is 0. The maximum absolute atomic E-state index is 13.6. The first kappa shape index (κ1) is 18.9. The van der Waals surface area contributed by atoms with E-state index in [-0.39, 0.29) is 28.3 Å². The zero-order valence-electron chi connectivity index (χ0n) is 13.5. The molecule has 0 radical (unpaired) electrons. The van der Waals surface area contributed by atoms with Gasteiger partial charge in [0.05, 0.1) is 6.20 Å². The number of nitrogens with zero attached hydrogens (tertiary/aromatic N) is 3. The van der Waals surface area contributed by atoms with E-state index in [1.807, 2.05) is 0 Å². The Kier molecular flexibility index (Phi) is 4.68. The lowest BCUT2D eigenvalue weighted by atomic mass is 10.0. The number of carboxylic acids is 1. The van der Waals surface area contributed by atoms with Gasteiger partial charge in [-0.25, -0.2) is 18.7 Å². The molecule has 27 heavy (non-hydrogen) atoms. The average Bonchev–Trinajstić information content (AvgIpc) is 2.97. The van der Waals surface area contributed by atoms with Crippen LogP contribution in [0.25, 0.3) is 5.65 Å². The Labute approximate surface area is 154 Å². The lowest BCUT2D eigenvalue weighted by Gasteiger charge is -2.13. The van der Waals surface area contributed by atoms with E-state index in [0.29, 0.717) is 11.3 Å². The molecule has 2 heterocycles. The van der Waals surface area contributed by atoms with Gasteiger partial charge in [-0.15, -0.1) is 13.2 Å². The number of rotatable bonds is 4. The maximum atomic E-state index is 13.6. The highest BCUT2D eigenvalue weighted by Gasteiger charge is 2.32. The van der Waals surface area contributed by atoms with Gasteiger partial charge >= 0.3 is 12.3 Å². The summed E-state index contributed by atoms with van der Waals surface area (Å²) in [6.07, 6.45) is -3.94. The van der Waals surface area contributed by atoms with Crippen molar-refractivity contribution in [3.05, 3.63) is 57.8 Å². The van der Waals surface area contributed by atoms with E-state index in [4.69, 9.17) is 16.7 Å². The Morgan fingerprint density at radius 3 is 2.70 bits per heavy atom. The van der Waals surface area contributed by atoms with Crippen LogP contribution in [-0.4, -0.2) is 32.0 Å². The van der Waals surface area contributed by atoms with E-state index in [1.54, 1.807) is 6.92 Å². The van der Waals surface area contributed by atoms with Crippen LogP contribution in [0.3, 0.4) is 0 Å². The van der Waals surface area contributed by atoms with E-state index in [2.05, 4.69) is 14.8 Å². The first-order valence-corrected chi connectivity index (χ1v) is 7.75. The van der Waals surface area contributed by atoms with Crippen LogP contribution in [-0.2, 0) is 6.42 Å².